The lowest BCUT2D eigenvalue weighted by molar-refractivity contribution is 0.744. The third kappa shape index (κ3) is 2.61. The molecule has 2 aromatic rings. The maximum Gasteiger partial charge on any atom is 0.203 e. The summed E-state index contributed by atoms with van der Waals surface area (Å²) in [6, 6.07) is 7.99. The molecule has 0 radical (unpaired) electrons. The quantitative estimate of drug-likeness (QED) is 0.895. The first kappa shape index (κ1) is 12.0. The summed E-state index contributed by atoms with van der Waals surface area (Å²) < 4.78 is 2.06. The molecule has 0 bridgehead atoms. The van der Waals surface area contributed by atoms with E-state index < -0.39 is 0 Å². The number of aryl methyl sites for hydroxylation is 1. The summed E-state index contributed by atoms with van der Waals surface area (Å²) in [5, 5.41) is 4.15. The zero-order valence-corrected chi connectivity index (χ0v) is 10.8. The summed E-state index contributed by atoms with van der Waals surface area (Å²) in [6.07, 6.45) is 3.76. The Balaban J connectivity index is 2.17. The Labute approximate surface area is 106 Å². The SMILES string of the molecule is CCn1ccnc1NC(C)c1ccccc1Cl. The first-order chi connectivity index (χ1) is 8.22. The van der Waals surface area contributed by atoms with Crippen molar-refractivity contribution in [2.24, 2.45) is 0 Å². The molecule has 1 aromatic carbocycles. The van der Waals surface area contributed by atoms with Crippen LogP contribution in [0.25, 0.3) is 0 Å². The van der Waals surface area contributed by atoms with Gasteiger partial charge in [-0.2, -0.15) is 0 Å². The van der Waals surface area contributed by atoms with Crippen LogP contribution in [0.1, 0.15) is 25.5 Å². The molecule has 1 heterocycles. The summed E-state index contributed by atoms with van der Waals surface area (Å²) in [5.41, 5.74) is 1.08. The van der Waals surface area contributed by atoms with E-state index >= 15 is 0 Å². The van der Waals surface area contributed by atoms with Crippen LogP contribution in [0.15, 0.2) is 36.7 Å². The molecule has 0 saturated heterocycles. The number of hydrogen-bond acceptors (Lipinski definition) is 2. The highest BCUT2D eigenvalue weighted by Crippen LogP contribution is 2.24. The minimum absolute atomic E-state index is 0.136. The fourth-order valence-corrected chi connectivity index (χ4v) is 2.10. The predicted molar refractivity (Wildman–Crippen MR) is 71.4 cm³/mol. The number of halogens is 1. The summed E-state index contributed by atoms with van der Waals surface area (Å²) in [5.74, 6) is 0.875. The molecule has 4 heteroatoms. The van der Waals surface area contributed by atoms with E-state index in [4.69, 9.17) is 11.6 Å². The van der Waals surface area contributed by atoms with Gasteiger partial charge in [-0.05, 0) is 25.5 Å². The van der Waals surface area contributed by atoms with Crippen LogP contribution in [0.4, 0.5) is 5.95 Å². The Bertz CT molecular complexity index is 493. The minimum atomic E-state index is 0.136. The molecule has 17 heavy (non-hydrogen) atoms. The van der Waals surface area contributed by atoms with Crippen molar-refractivity contribution >= 4 is 17.5 Å². The van der Waals surface area contributed by atoms with E-state index in [1.54, 1.807) is 6.20 Å². The second-order valence-electron chi connectivity index (χ2n) is 3.92. The summed E-state index contributed by atoms with van der Waals surface area (Å²) in [7, 11) is 0. The smallest absolute Gasteiger partial charge is 0.203 e. The number of anilines is 1. The second kappa shape index (κ2) is 5.23. The van der Waals surface area contributed by atoms with Gasteiger partial charge in [0, 0.05) is 24.0 Å². The molecule has 0 amide bonds. The van der Waals surface area contributed by atoms with Gasteiger partial charge in [-0.3, -0.25) is 0 Å². The monoisotopic (exact) mass is 249 g/mol. The van der Waals surface area contributed by atoms with E-state index in [1.807, 2.05) is 30.5 Å². The first-order valence-corrected chi connectivity index (χ1v) is 6.12. The molecule has 1 N–H and O–H groups in total. The van der Waals surface area contributed by atoms with Crippen LogP contribution in [-0.4, -0.2) is 9.55 Å². The lowest BCUT2D eigenvalue weighted by Crippen LogP contribution is -2.11. The van der Waals surface area contributed by atoms with Gasteiger partial charge in [0.15, 0.2) is 0 Å². The third-order valence-corrected chi connectivity index (χ3v) is 3.12. The maximum atomic E-state index is 6.17. The fourth-order valence-electron chi connectivity index (χ4n) is 1.80. The van der Waals surface area contributed by atoms with E-state index in [9.17, 15) is 0 Å². The molecule has 1 atom stereocenters. The van der Waals surface area contributed by atoms with Crippen molar-refractivity contribution < 1.29 is 0 Å². The third-order valence-electron chi connectivity index (χ3n) is 2.77. The van der Waals surface area contributed by atoms with Crippen LogP contribution in [-0.2, 0) is 6.54 Å². The molecular weight excluding hydrogens is 234 g/mol. The molecule has 0 spiro atoms. The Morgan fingerprint density at radius 1 is 1.41 bits per heavy atom. The van der Waals surface area contributed by atoms with Crippen LogP contribution < -0.4 is 5.32 Å². The first-order valence-electron chi connectivity index (χ1n) is 5.74. The molecule has 0 fully saturated rings. The van der Waals surface area contributed by atoms with Crippen molar-refractivity contribution in [2.75, 3.05) is 5.32 Å². The minimum Gasteiger partial charge on any atom is -0.349 e. The Morgan fingerprint density at radius 3 is 2.88 bits per heavy atom. The van der Waals surface area contributed by atoms with Crippen LogP contribution in [0, 0.1) is 0 Å². The molecule has 0 aliphatic rings. The summed E-state index contributed by atoms with van der Waals surface area (Å²) in [4.78, 5) is 4.29. The molecular formula is C13H16ClN3. The summed E-state index contributed by atoms with van der Waals surface area (Å²) in [6.45, 7) is 5.07. The summed E-state index contributed by atoms with van der Waals surface area (Å²) >= 11 is 6.17. The topological polar surface area (TPSA) is 29.9 Å². The second-order valence-corrected chi connectivity index (χ2v) is 4.33. The van der Waals surface area contributed by atoms with E-state index in [0.29, 0.717) is 0 Å². The Hall–Kier alpha value is -1.48. The average molecular weight is 250 g/mol. The molecule has 0 aliphatic heterocycles. The van der Waals surface area contributed by atoms with Crippen LogP contribution in [0.2, 0.25) is 5.02 Å². The van der Waals surface area contributed by atoms with Gasteiger partial charge < -0.3 is 9.88 Å². The number of imidazole rings is 1. The molecule has 0 saturated carbocycles. The zero-order valence-electron chi connectivity index (χ0n) is 10.0. The Kier molecular flexibility index (Phi) is 3.69. The van der Waals surface area contributed by atoms with Gasteiger partial charge in [-0.25, -0.2) is 4.98 Å². The van der Waals surface area contributed by atoms with E-state index in [1.165, 1.54) is 0 Å². The number of nitrogens with zero attached hydrogens (tertiary/aromatic N) is 2. The van der Waals surface area contributed by atoms with E-state index in [2.05, 4.69) is 28.7 Å². The normalized spacial score (nSPS) is 12.4. The largest absolute Gasteiger partial charge is 0.349 e. The van der Waals surface area contributed by atoms with E-state index in [-0.39, 0.29) is 6.04 Å². The van der Waals surface area contributed by atoms with E-state index in [0.717, 1.165) is 23.1 Å². The van der Waals surface area contributed by atoms with Crippen LogP contribution >= 0.6 is 11.6 Å². The number of hydrogen-bond donors (Lipinski definition) is 1. The Morgan fingerprint density at radius 2 is 2.18 bits per heavy atom. The van der Waals surface area contributed by atoms with Crippen molar-refractivity contribution in [1.29, 1.82) is 0 Å². The number of rotatable bonds is 4. The van der Waals surface area contributed by atoms with Crippen molar-refractivity contribution in [2.45, 2.75) is 26.4 Å². The highest BCUT2D eigenvalue weighted by molar-refractivity contribution is 6.31. The maximum absolute atomic E-state index is 6.17. The average Bonchev–Trinajstić information content (AvgIpc) is 2.76. The predicted octanol–water partition coefficient (Wildman–Crippen LogP) is 3.73. The van der Waals surface area contributed by atoms with Gasteiger partial charge in [0.1, 0.15) is 0 Å². The molecule has 2 rings (SSSR count). The van der Waals surface area contributed by atoms with Gasteiger partial charge in [0.2, 0.25) is 5.95 Å². The lowest BCUT2D eigenvalue weighted by atomic mass is 10.1. The molecule has 1 aromatic heterocycles. The van der Waals surface area contributed by atoms with Gasteiger partial charge in [-0.1, -0.05) is 29.8 Å². The number of aromatic nitrogens is 2. The molecule has 1 unspecified atom stereocenters. The lowest BCUT2D eigenvalue weighted by Gasteiger charge is -2.16. The van der Waals surface area contributed by atoms with Gasteiger partial charge in [-0.15, -0.1) is 0 Å². The van der Waals surface area contributed by atoms with Crippen molar-refractivity contribution in [1.82, 2.24) is 9.55 Å². The van der Waals surface area contributed by atoms with Gasteiger partial charge >= 0.3 is 0 Å². The highest BCUT2D eigenvalue weighted by Gasteiger charge is 2.11. The van der Waals surface area contributed by atoms with Gasteiger partial charge in [0.25, 0.3) is 0 Å². The fraction of sp³-hybridized carbons (Fsp3) is 0.308. The highest BCUT2D eigenvalue weighted by atomic mass is 35.5. The number of benzene rings is 1. The van der Waals surface area contributed by atoms with Crippen molar-refractivity contribution in [3.8, 4) is 0 Å². The molecule has 3 nitrogen and oxygen atoms in total. The number of nitrogens with one attached hydrogen (secondary N) is 1. The van der Waals surface area contributed by atoms with Crippen molar-refractivity contribution in [3.05, 3.63) is 47.2 Å². The van der Waals surface area contributed by atoms with Crippen LogP contribution in [0.3, 0.4) is 0 Å². The standard InChI is InChI=1S/C13H16ClN3/c1-3-17-9-8-15-13(17)16-10(2)11-6-4-5-7-12(11)14/h4-10H,3H2,1-2H3,(H,15,16). The van der Waals surface area contributed by atoms with Crippen LogP contribution in [0.5, 0.6) is 0 Å². The van der Waals surface area contributed by atoms with Gasteiger partial charge in [0.05, 0.1) is 6.04 Å². The molecule has 0 aliphatic carbocycles. The molecule has 90 valence electrons. The zero-order chi connectivity index (χ0) is 12.3. The van der Waals surface area contributed by atoms with Crippen molar-refractivity contribution in [3.63, 3.8) is 0 Å².